The molecule has 0 atom stereocenters. The van der Waals surface area contributed by atoms with E-state index in [1.165, 1.54) is 17.1 Å². The van der Waals surface area contributed by atoms with Crippen LogP contribution in [0.3, 0.4) is 0 Å². The van der Waals surface area contributed by atoms with Crippen LogP contribution in [0.15, 0.2) is 54.7 Å². The van der Waals surface area contributed by atoms with Crippen molar-refractivity contribution in [1.29, 1.82) is 0 Å². The van der Waals surface area contributed by atoms with Crippen LogP contribution in [-0.2, 0) is 6.54 Å². The van der Waals surface area contributed by atoms with E-state index in [0.717, 1.165) is 46.4 Å². The minimum Gasteiger partial charge on any atom is -0.328 e. The molecule has 4 heterocycles. The molecular weight excluding hydrogens is 408 g/mol. The molecule has 0 saturated heterocycles. The van der Waals surface area contributed by atoms with Gasteiger partial charge in [-0.05, 0) is 51.0 Å². The molecule has 0 unspecified atom stereocenters. The highest BCUT2D eigenvalue weighted by Crippen LogP contribution is 2.27. The molecule has 9 heteroatoms. The van der Waals surface area contributed by atoms with Gasteiger partial charge < -0.3 is 5.32 Å². The van der Waals surface area contributed by atoms with Crippen LogP contribution in [0.4, 0.5) is 10.8 Å². The standard InChI is InChI=1S/C22H26N8S/c1-5-7-16(6-2)13-29(4)14-18-8-20(31-28-18)27-21-22-23-11-19(17-9-24-25-10-17)30(22)12-15(3)26-21/h5-12H,13-14H2,1-4H3,(H,24,25)(H,26,27)/b7-5-,16-6+. The lowest BCUT2D eigenvalue weighted by atomic mass is 10.2. The lowest BCUT2D eigenvalue weighted by molar-refractivity contribution is 0.354. The number of nitrogens with zero attached hydrogens (tertiary/aromatic N) is 6. The van der Waals surface area contributed by atoms with Crippen molar-refractivity contribution in [2.24, 2.45) is 0 Å². The average molecular weight is 435 g/mol. The van der Waals surface area contributed by atoms with Gasteiger partial charge in [0.2, 0.25) is 0 Å². The summed E-state index contributed by atoms with van der Waals surface area (Å²) < 4.78 is 6.65. The van der Waals surface area contributed by atoms with Crippen molar-refractivity contribution in [2.45, 2.75) is 27.3 Å². The van der Waals surface area contributed by atoms with Crippen molar-refractivity contribution in [3.05, 3.63) is 66.0 Å². The summed E-state index contributed by atoms with van der Waals surface area (Å²) in [5.74, 6) is 0.711. The first-order valence-corrected chi connectivity index (χ1v) is 10.9. The number of rotatable bonds is 8. The first-order chi connectivity index (χ1) is 15.1. The van der Waals surface area contributed by atoms with Crippen LogP contribution in [0, 0.1) is 6.92 Å². The fourth-order valence-electron chi connectivity index (χ4n) is 3.46. The second-order valence-electron chi connectivity index (χ2n) is 7.40. The lowest BCUT2D eigenvalue weighted by Gasteiger charge is -2.15. The Kier molecular flexibility index (Phi) is 6.24. The van der Waals surface area contributed by atoms with E-state index in [9.17, 15) is 0 Å². The highest BCUT2D eigenvalue weighted by atomic mass is 32.1. The van der Waals surface area contributed by atoms with Gasteiger partial charge in [0, 0.05) is 31.0 Å². The molecule has 0 aliphatic heterocycles. The summed E-state index contributed by atoms with van der Waals surface area (Å²) in [6.07, 6.45) is 13.8. The summed E-state index contributed by atoms with van der Waals surface area (Å²) in [5, 5.41) is 11.2. The number of H-pyrrole nitrogens is 1. The molecule has 0 fully saturated rings. The maximum Gasteiger partial charge on any atom is 0.180 e. The quantitative estimate of drug-likeness (QED) is 0.395. The molecule has 0 amide bonds. The van der Waals surface area contributed by atoms with E-state index < -0.39 is 0 Å². The highest BCUT2D eigenvalue weighted by molar-refractivity contribution is 7.10. The van der Waals surface area contributed by atoms with Crippen LogP contribution < -0.4 is 5.32 Å². The molecule has 31 heavy (non-hydrogen) atoms. The van der Waals surface area contributed by atoms with Crippen LogP contribution in [0.1, 0.15) is 25.2 Å². The van der Waals surface area contributed by atoms with Gasteiger partial charge in [-0.25, -0.2) is 9.97 Å². The molecule has 0 aliphatic rings. The van der Waals surface area contributed by atoms with Gasteiger partial charge in [-0.2, -0.15) is 9.47 Å². The second-order valence-corrected chi connectivity index (χ2v) is 8.20. The normalized spacial score (nSPS) is 12.5. The van der Waals surface area contributed by atoms with Crippen molar-refractivity contribution in [3.8, 4) is 11.3 Å². The Morgan fingerprint density at radius 3 is 2.94 bits per heavy atom. The Bertz CT molecular complexity index is 1220. The van der Waals surface area contributed by atoms with Crippen LogP contribution in [0.2, 0.25) is 0 Å². The van der Waals surface area contributed by atoms with E-state index in [0.29, 0.717) is 5.82 Å². The van der Waals surface area contributed by atoms with Crippen molar-refractivity contribution in [2.75, 3.05) is 18.9 Å². The minimum atomic E-state index is 0.711. The summed E-state index contributed by atoms with van der Waals surface area (Å²) in [5.41, 5.74) is 5.91. The Morgan fingerprint density at radius 1 is 1.32 bits per heavy atom. The monoisotopic (exact) mass is 434 g/mol. The molecule has 0 radical (unpaired) electrons. The molecule has 0 spiro atoms. The Morgan fingerprint density at radius 2 is 2.19 bits per heavy atom. The van der Waals surface area contributed by atoms with Gasteiger partial charge in [-0.1, -0.05) is 18.2 Å². The summed E-state index contributed by atoms with van der Waals surface area (Å²) in [7, 11) is 2.10. The lowest BCUT2D eigenvalue weighted by Crippen LogP contribution is -2.20. The number of anilines is 2. The topological polar surface area (TPSA) is 87.0 Å². The molecule has 0 aliphatic carbocycles. The highest BCUT2D eigenvalue weighted by Gasteiger charge is 2.14. The van der Waals surface area contributed by atoms with Gasteiger partial charge in [0.1, 0.15) is 5.00 Å². The van der Waals surface area contributed by atoms with E-state index in [2.05, 4.69) is 73.0 Å². The van der Waals surface area contributed by atoms with E-state index in [-0.39, 0.29) is 0 Å². The maximum atomic E-state index is 4.67. The van der Waals surface area contributed by atoms with Gasteiger partial charge in [0.15, 0.2) is 11.5 Å². The Labute approximate surface area is 185 Å². The first-order valence-electron chi connectivity index (χ1n) is 10.1. The predicted octanol–water partition coefficient (Wildman–Crippen LogP) is 4.58. The number of nitrogens with one attached hydrogen (secondary N) is 2. The average Bonchev–Trinajstić information content (AvgIpc) is 3.48. The van der Waals surface area contributed by atoms with Gasteiger partial charge in [0.05, 0.1) is 29.5 Å². The summed E-state index contributed by atoms with van der Waals surface area (Å²) in [4.78, 5) is 11.5. The number of aromatic amines is 1. The SMILES string of the molecule is C/C=C\C(=C/C)CN(C)Cc1cc(Nc2nc(C)cn3c(-c4cn[nH]c4)cnc23)sn1. The van der Waals surface area contributed by atoms with Crippen LogP contribution in [-0.4, -0.2) is 47.4 Å². The van der Waals surface area contributed by atoms with Gasteiger partial charge in [-0.3, -0.25) is 14.4 Å². The maximum absolute atomic E-state index is 4.67. The number of fused-ring (bicyclic) bond motifs is 1. The van der Waals surface area contributed by atoms with E-state index in [1.807, 2.05) is 36.8 Å². The number of likely N-dealkylation sites (N-methyl/N-ethyl adjacent to an activating group) is 1. The van der Waals surface area contributed by atoms with Gasteiger partial charge in [0.25, 0.3) is 0 Å². The Balaban J connectivity index is 1.52. The number of hydrogen-bond acceptors (Lipinski definition) is 7. The molecule has 4 aromatic heterocycles. The molecule has 2 N–H and O–H groups in total. The van der Waals surface area contributed by atoms with Crippen LogP contribution >= 0.6 is 11.5 Å². The number of hydrogen-bond donors (Lipinski definition) is 2. The molecular formula is C22H26N8S. The summed E-state index contributed by atoms with van der Waals surface area (Å²) in [6.45, 7) is 7.73. The smallest absolute Gasteiger partial charge is 0.180 e. The predicted molar refractivity (Wildman–Crippen MR) is 126 cm³/mol. The Hall–Kier alpha value is -3.30. The van der Waals surface area contributed by atoms with Crippen molar-refractivity contribution >= 4 is 28.0 Å². The van der Waals surface area contributed by atoms with E-state index in [1.54, 1.807) is 6.20 Å². The molecule has 0 saturated carbocycles. The largest absolute Gasteiger partial charge is 0.328 e. The molecule has 160 valence electrons. The minimum absolute atomic E-state index is 0.711. The fraction of sp³-hybridized carbons (Fsp3) is 0.273. The van der Waals surface area contributed by atoms with E-state index in [4.69, 9.17) is 0 Å². The number of aryl methyl sites for hydroxylation is 1. The van der Waals surface area contributed by atoms with Crippen LogP contribution in [0.5, 0.6) is 0 Å². The van der Waals surface area contributed by atoms with Crippen molar-refractivity contribution in [3.63, 3.8) is 0 Å². The van der Waals surface area contributed by atoms with E-state index >= 15 is 0 Å². The summed E-state index contributed by atoms with van der Waals surface area (Å²) >= 11 is 1.43. The second kappa shape index (κ2) is 9.23. The zero-order chi connectivity index (χ0) is 21.8. The zero-order valence-electron chi connectivity index (χ0n) is 18.1. The molecule has 0 bridgehead atoms. The van der Waals surface area contributed by atoms with Gasteiger partial charge in [-0.15, -0.1) is 0 Å². The fourth-order valence-corrected chi connectivity index (χ4v) is 4.11. The molecule has 4 aromatic rings. The van der Waals surface area contributed by atoms with Gasteiger partial charge >= 0.3 is 0 Å². The zero-order valence-corrected chi connectivity index (χ0v) is 18.9. The molecule has 0 aromatic carbocycles. The number of allylic oxidation sites excluding steroid dienone is 2. The third-order valence-electron chi connectivity index (χ3n) is 4.84. The number of aromatic nitrogens is 6. The van der Waals surface area contributed by atoms with Crippen LogP contribution in [0.25, 0.3) is 16.9 Å². The third kappa shape index (κ3) is 4.73. The third-order valence-corrected chi connectivity index (χ3v) is 5.59. The van der Waals surface area contributed by atoms with Crippen molar-refractivity contribution in [1.82, 2.24) is 33.8 Å². The summed E-state index contributed by atoms with van der Waals surface area (Å²) in [6, 6.07) is 2.08. The number of imidazole rings is 1. The molecule has 8 nitrogen and oxygen atoms in total. The van der Waals surface area contributed by atoms with Crippen molar-refractivity contribution < 1.29 is 0 Å². The first kappa shape index (κ1) is 21.0. The molecule has 4 rings (SSSR count).